The van der Waals surface area contributed by atoms with Crippen LogP contribution in [0, 0.1) is 6.10 Å². The molecule has 17 heavy (non-hydrogen) atoms. The molecule has 0 saturated carbocycles. The van der Waals surface area contributed by atoms with Crippen LogP contribution in [0.3, 0.4) is 0 Å². The van der Waals surface area contributed by atoms with E-state index in [9.17, 15) is 19.8 Å². The summed E-state index contributed by atoms with van der Waals surface area (Å²) in [5.41, 5.74) is 0. The largest absolute Gasteiger partial charge is 0.481 e. The number of carboxylic acids is 1. The highest BCUT2D eigenvalue weighted by Crippen LogP contribution is 2.20. The number of rotatable bonds is 4. The summed E-state index contributed by atoms with van der Waals surface area (Å²) in [5, 5.41) is 36.1. The van der Waals surface area contributed by atoms with Gasteiger partial charge in [-0.1, -0.05) is 0 Å². The first-order valence-electron chi connectivity index (χ1n) is 4.81. The van der Waals surface area contributed by atoms with E-state index < -0.39 is 49.4 Å². The highest BCUT2D eigenvalue weighted by Gasteiger charge is 2.38. The molecule has 1 rings (SSSR count). The van der Waals surface area contributed by atoms with Gasteiger partial charge in [0.15, 0.2) is 0 Å². The highest BCUT2D eigenvalue weighted by molar-refractivity contribution is 5.90. The third-order valence-corrected chi connectivity index (χ3v) is 2.20. The van der Waals surface area contributed by atoms with Crippen LogP contribution in [0.5, 0.6) is 0 Å². The average Bonchev–Trinajstić information content (AvgIpc) is 2.24. The van der Waals surface area contributed by atoms with Gasteiger partial charge in [0.1, 0.15) is 37.4 Å². The molecule has 97 valence electrons. The number of hydrogen-bond acceptors (Lipinski definition) is 7. The number of carbonyl (C=O) groups excluding carboxylic acids is 1. The fraction of sp³-hybridized carbons (Fsp3) is 0.667. The van der Waals surface area contributed by atoms with E-state index in [1.165, 1.54) is 0 Å². The predicted molar refractivity (Wildman–Crippen MR) is 50.1 cm³/mol. The Morgan fingerprint density at radius 2 is 2.06 bits per heavy atom. The minimum absolute atomic E-state index is 0.278. The van der Waals surface area contributed by atoms with Gasteiger partial charge < -0.3 is 29.9 Å². The summed E-state index contributed by atoms with van der Waals surface area (Å²) in [6, 6.07) is 0. The topological polar surface area (TPSA) is 134 Å². The van der Waals surface area contributed by atoms with Crippen molar-refractivity contribution < 1.29 is 39.5 Å². The minimum Gasteiger partial charge on any atom is -0.481 e. The summed E-state index contributed by atoms with van der Waals surface area (Å²) >= 11 is 0. The summed E-state index contributed by atoms with van der Waals surface area (Å²) in [6.45, 7) is -0.670. The Hall–Kier alpha value is -1.22. The fourth-order valence-electron chi connectivity index (χ4n) is 1.27. The number of esters is 1. The molecule has 0 aromatic heterocycles. The van der Waals surface area contributed by atoms with Crippen LogP contribution < -0.4 is 0 Å². The molecular weight excluding hydrogens is 236 g/mol. The molecular formula is C9H13O8. The number of aliphatic hydroxyl groups is 3. The zero-order valence-electron chi connectivity index (χ0n) is 8.78. The van der Waals surface area contributed by atoms with Crippen LogP contribution in [-0.2, 0) is 19.1 Å². The van der Waals surface area contributed by atoms with E-state index in [1.807, 2.05) is 0 Å². The quantitative estimate of drug-likeness (QED) is 0.333. The van der Waals surface area contributed by atoms with E-state index in [1.54, 1.807) is 0 Å². The predicted octanol–water partition coefficient (Wildman–Crippen LogP) is -1.97. The summed E-state index contributed by atoms with van der Waals surface area (Å²) < 4.78 is 9.45. The number of aliphatic carboxylic acids is 1. The second-order valence-corrected chi connectivity index (χ2v) is 3.53. The van der Waals surface area contributed by atoms with Gasteiger partial charge in [-0.25, -0.2) is 0 Å². The molecule has 1 fully saturated rings. The number of hydrogen-bond donors (Lipinski definition) is 4. The Kier molecular flexibility index (Phi) is 4.82. The van der Waals surface area contributed by atoms with Crippen molar-refractivity contribution in [2.75, 3.05) is 13.2 Å². The van der Waals surface area contributed by atoms with Gasteiger partial charge in [0.05, 0.1) is 6.61 Å². The Morgan fingerprint density at radius 1 is 1.41 bits per heavy atom. The van der Waals surface area contributed by atoms with Gasteiger partial charge in [-0.3, -0.25) is 9.59 Å². The molecule has 1 radical (unpaired) electrons. The van der Waals surface area contributed by atoms with Gasteiger partial charge in [-0.05, 0) is 0 Å². The fourth-order valence-corrected chi connectivity index (χ4v) is 1.27. The van der Waals surface area contributed by atoms with Crippen molar-refractivity contribution in [2.45, 2.75) is 24.7 Å². The Bertz CT molecular complexity index is 291. The van der Waals surface area contributed by atoms with E-state index in [2.05, 4.69) is 4.74 Å². The Balaban J connectivity index is 2.37. The lowest BCUT2D eigenvalue weighted by Gasteiger charge is -2.34. The summed E-state index contributed by atoms with van der Waals surface area (Å²) in [4.78, 5) is 21.1. The molecule has 0 aromatic carbocycles. The molecule has 0 amide bonds. The summed E-state index contributed by atoms with van der Waals surface area (Å²) in [7, 11) is 0. The molecule has 8 nitrogen and oxygen atoms in total. The molecule has 0 aromatic rings. The van der Waals surface area contributed by atoms with Gasteiger partial charge in [-0.15, -0.1) is 0 Å². The third kappa shape index (κ3) is 3.93. The number of carbonyl (C=O) groups is 2. The molecule has 0 aliphatic carbocycles. The molecule has 1 aliphatic rings. The zero-order valence-corrected chi connectivity index (χ0v) is 8.78. The van der Waals surface area contributed by atoms with Crippen LogP contribution >= 0.6 is 0 Å². The lowest BCUT2D eigenvalue weighted by Crippen LogP contribution is -2.51. The van der Waals surface area contributed by atoms with Gasteiger partial charge >= 0.3 is 11.9 Å². The molecule has 0 unspecified atom stereocenters. The van der Waals surface area contributed by atoms with Gasteiger partial charge in [-0.2, -0.15) is 0 Å². The van der Waals surface area contributed by atoms with E-state index in [4.69, 9.17) is 14.9 Å². The van der Waals surface area contributed by atoms with E-state index in [0.717, 1.165) is 0 Å². The van der Waals surface area contributed by atoms with E-state index in [-0.39, 0.29) is 6.61 Å². The lowest BCUT2D eigenvalue weighted by molar-refractivity contribution is -0.176. The molecule has 3 atom stereocenters. The maximum absolute atomic E-state index is 10.9. The van der Waals surface area contributed by atoms with Crippen LogP contribution in [0.25, 0.3) is 0 Å². The number of ether oxygens (including phenoxy) is 2. The summed E-state index contributed by atoms with van der Waals surface area (Å²) in [5.74, 6) is -2.30. The SMILES string of the molecule is O=C(O)CC(=O)OC[C@H]1OC[C](O)[C@@H](O)[C@@H]1O. The highest BCUT2D eigenvalue weighted by atomic mass is 16.6. The normalized spacial score (nSPS) is 29.9. The third-order valence-electron chi connectivity index (χ3n) is 2.20. The van der Waals surface area contributed by atoms with Crippen LogP contribution in [0.15, 0.2) is 0 Å². The first-order chi connectivity index (χ1) is 7.91. The molecule has 1 saturated heterocycles. The average molecular weight is 249 g/mol. The van der Waals surface area contributed by atoms with Crippen molar-refractivity contribution in [1.82, 2.24) is 0 Å². The van der Waals surface area contributed by atoms with Crippen molar-refractivity contribution in [3.8, 4) is 0 Å². The zero-order chi connectivity index (χ0) is 13.0. The van der Waals surface area contributed by atoms with Crippen LogP contribution in [0.1, 0.15) is 6.42 Å². The first kappa shape index (κ1) is 13.8. The Morgan fingerprint density at radius 3 is 2.65 bits per heavy atom. The molecule has 1 aliphatic heterocycles. The van der Waals surface area contributed by atoms with Crippen molar-refractivity contribution in [3.63, 3.8) is 0 Å². The van der Waals surface area contributed by atoms with E-state index >= 15 is 0 Å². The molecule has 0 spiro atoms. The molecule has 4 N–H and O–H groups in total. The second kappa shape index (κ2) is 5.92. The first-order valence-corrected chi connectivity index (χ1v) is 4.81. The lowest BCUT2D eigenvalue weighted by atomic mass is 10.0. The molecule has 0 bridgehead atoms. The van der Waals surface area contributed by atoms with Crippen molar-refractivity contribution in [3.05, 3.63) is 6.10 Å². The van der Waals surface area contributed by atoms with E-state index in [0.29, 0.717) is 0 Å². The van der Waals surface area contributed by atoms with Gasteiger partial charge in [0.2, 0.25) is 0 Å². The van der Waals surface area contributed by atoms with Crippen LogP contribution in [0.2, 0.25) is 0 Å². The van der Waals surface area contributed by atoms with Crippen molar-refractivity contribution in [2.24, 2.45) is 0 Å². The minimum atomic E-state index is -1.47. The monoisotopic (exact) mass is 249 g/mol. The maximum Gasteiger partial charge on any atom is 0.317 e. The van der Waals surface area contributed by atoms with Crippen molar-refractivity contribution in [1.29, 1.82) is 0 Å². The maximum atomic E-state index is 10.9. The number of aliphatic hydroxyl groups excluding tert-OH is 3. The molecule has 1 heterocycles. The van der Waals surface area contributed by atoms with Crippen molar-refractivity contribution >= 4 is 11.9 Å². The number of carboxylic acid groups (broad SMARTS) is 1. The van der Waals surface area contributed by atoms with Crippen LogP contribution in [-0.4, -0.2) is 63.9 Å². The summed E-state index contributed by atoms with van der Waals surface area (Å²) in [6.07, 6.45) is -5.10. The Labute approximate surface area is 96.4 Å². The van der Waals surface area contributed by atoms with Gasteiger partial charge in [0.25, 0.3) is 0 Å². The van der Waals surface area contributed by atoms with Crippen LogP contribution in [0.4, 0.5) is 0 Å². The standard InChI is InChI=1S/C9H13O8/c10-4-2-16-5(9(15)8(4)14)3-17-7(13)1-6(11)12/h5,8-10,14-15H,1-3H2,(H,11,12)/t5-,8-,9-/m1/s1. The molecule has 8 heteroatoms. The second-order valence-electron chi connectivity index (χ2n) is 3.53. The smallest absolute Gasteiger partial charge is 0.317 e. The van der Waals surface area contributed by atoms with Gasteiger partial charge in [0, 0.05) is 0 Å².